The Labute approximate surface area is 206 Å². The third-order valence-corrected chi connectivity index (χ3v) is 6.92. The van der Waals surface area contributed by atoms with Crippen LogP contribution in [0.15, 0.2) is 30.3 Å². The van der Waals surface area contributed by atoms with Gasteiger partial charge >= 0.3 is 0 Å². The molecule has 0 unspecified atom stereocenters. The van der Waals surface area contributed by atoms with Crippen LogP contribution in [0.25, 0.3) is 11.0 Å². The summed E-state index contributed by atoms with van der Waals surface area (Å²) in [7, 11) is 0. The molecule has 184 valence electrons. The first-order valence-electron chi connectivity index (χ1n) is 12.3. The summed E-state index contributed by atoms with van der Waals surface area (Å²) >= 11 is 0. The van der Waals surface area contributed by atoms with E-state index in [4.69, 9.17) is 9.97 Å². The molecule has 1 N–H and O–H groups in total. The van der Waals surface area contributed by atoms with Gasteiger partial charge in [-0.25, -0.2) is 23.7 Å². The number of hydrogen-bond acceptors (Lipinski definition) is 5. The van der Waals surface area contributed by atoms with E-state index in [1.54, 1.807) is 32.9 Å². The van der Waals surface area contributed by atoms with Gasteiger partial charge in [-0.2, -0.15) is 5.26 Å². The number of fused-ring (bicyclic) bond motifs is 1. The maximum absolute atomic E-state index is 15.0. The molecular formula is C28H33F2N5. The number of nitriles is 1. The normalized spacial score (nSPS) is 16.1. The second kappa shape index (κ2) is 8.82. The van der Waals surface area contributed by atoms with Gasteiger partial charge in [0, 0.05) is 29.1 Å². The first-order chi connectivity index (χ1) is 16.4. The summed E-state index contributed by atoms with van der Waals surface area (Å²) < 4.78 is 30.1. The molecule has 35 heavy (non-hydrogen) atoms. The van der Waals surface area contributed by atoms with Crippen LogP contribution in [0.4, 0.5) is 14.6 Å². The van der Waals surface area contributed by atoms with E-state index >= 15 is 8.78 Å². The molecule has 1 aliphatic rings. The van der Waals surface area contributed by atoms with Crippen molar-refractivity contribution in [1.29, 1.82) is 5.26 Å². The fourth-order valence-corrected chi connectivity index (χ4v) is 4.41. The largest absolute Gasteiger partial charge is 0.363 e. The number of hydrogen-bond donors (Lipinski definition) is 1. The van der Waals surface area contributed by atoms with E-state index in [0.29, 0.717) is 23.7 Å². The molecule has 0 amide bonds. The standard InChI is InChI=1S/C28H33F2N5/c1-7-9-23-34-24(21-15-22(27(16-31)12-13-27)18(3)33-25(21)35-23)32-17(2)19-10-8-11-20(14-19)28(29,30)26(4,5)6/h8,10-11,14-15,17H,7,9,12-13H2,1-6H3,(H,32,33,34,35)/t17-/m1/s1. The summed E-state index contributed by atoms with van der Waals surface area (Å²) in [5, 5.41) is 13.9. The molecule has 1 atom stereocenters. The molecule has 0 bridgehead atoms. The van der Waals surface area contributed by atoms with Gasteiger partial charge in [-0.1, -0.05) is 45.9 Å². The number of rotatable bonds is 7. The van der Waals surface area contributed by atoms with Crippen LogP contribution < -0.4 is 5.32 Å². The lowest BCUT2D eigenvalue weighted by molar-refractivity contribution is -0.104. The van der Waals surface area contributed by atoms with E-state index in [1.807, 2.05) is 26.0 Å². The average Bonchev–Trinajstić information content (AvgIpc) is 3.59. The Hall–Kier alpha value is -3.14. The van der Waals surface area contributed by atoms with E-state index in [9.17, 15) is 5.26 Å². The third kappa shape index (κ3) is 4.59. The van der Waals surface area contributed by atoms with Crippen molar-refractivity contribution >= 4 is 16.9 Å². The Morgan fingerprint density at radius 1 is 1.14 bits per heavy atom. The zero-order valence-corrected chi connectivity index (χ0v) is 21.3. The van der Waals surface area contributed by atoms with Gasteiger partial charge < -0.3 is 5.32 Å². The third-order valence-electron chi connectivity index (χ3n) is 6.92. The molecule has 0 spiro atoms. The number of nitrogens with one attached hydrogen (secondary N) is 1. The monoisotopic (exact) mass is 477 g/mol. The number of benzene rings is 1. The molecule has 1 saturated carbocycles. The Morgan fingerprint density at radius 2 is 1.86 bits per heavy atom. The van der Waals surface area contributed by atoms with Gasteiger partial charge in [-0.05, 0) is 56.4 Å². The van der Waals surface area contributed by atoms with Crippen molar-refractivity contribution in [3.63, 3.8) is 0 Å². The highest BCUT2D eigenvalue weighted by Crippen LogP contribution is 2.49. The number of aromatic nitrogens is 3. The summed E-state index contributed by atoms with van der Waals surface area (Å²) in [6.45, 7) is 10.6. The van der Waals surface area contributed by atoms with Crippen LogP contribution in [0.1, 0.15) is 88.1 Å². The molecule has 0 aliphatic heterocycles. The molecule has 3 aromatic rings. The minimum Gasteiger partial charge on any atom is -0.363 e. The summed E-state index contributed by atoms with van der Waals surface area (Å²) in [5.74, 6) is -1.67. The highest BCUT2D eigenvalue weighted by atomic mass is 19.3. The maximum Gasteiger partial charge on any atom is 0.277 e. The maximum atomic E-state index is 15.0. The lowest BCUT2D eigenvalue weighted by Gasteiger charge is -2.31. The zero-order valence-electron chi connectivity index (χ0n) is 21.3. The first-order valence-corrected chi connectivity index (χ1v) is 12.3. The van der Waals surface area contributed by atoms with Gasteiger partial charge in [0.25, 0.3) is 5.92 Å². The number of halogens is 2. The lowest BCUT2D eigenvalue weighted by Crippen LogP contribution is -2.31. The van der Waals surface area contributed by atoms with Crippen LogP contribution >= 0.6 is 0 Å². The highest BCUT2D eigenvalue weighted by Gasteiger charge is 2.47. The number of anilines is 1. The van der Waals surface area contributed by atoms with Crippen molar-refractivity contribution in [3.8, 4) is 6.07 Å². The van der Waals surface area contributed by atoms with Crippen molar-refractivity contribution in [2.24, 2.45) is 5.41 Å². The van der Waals surface area contributed by atoms with Gasteiger partial charge in [-0.3, -0.25) is 0 Å². The molecule has 2 aromatic heterocycles. The molecule has 5 nitrogen and oxygen atoms in total. The van der Waals surface area contributed by atoms with Gasteiger partial charge in [-0.15, -0.1) is 0 Å². The predicted molar refractivity (Wildman–Crippen MR) is 134 cm³/mol. The molecule has 1 fully saturated rings. The van der Waals surface area contributed by atoms with Crippen molar-refractivity contribution in [3.05, 3.63) is 58.5 Å². The summed E-state index contributed by atoms with van der Waals surface area (Å²) in [6, 6.07) is 10.7. The molecule has 1 aromatic carbocycles. The quantitative estimate of drug-likeness (QED) is 0.391. The zero-order chi connectivity index (χ0) is 25.6. The van der Waals surface area contributed by atoms with Crippen molar-refractivity contribution in [1.82, 2.24) is 15.0 Å². The minimum atomic E-state index is -2.97. The van der Waals surface area contributed by atoms with Crippen molar-refractivity contribution in [2.45, 2.75) is 84.6 Å². The molecule has 0 radical (unpaired) electrons. The van der Waals surface area contributed by atoms with Crippen LogP contribution in [-0.2, 0) is 17.8 Å². The van der Waals surface area contributed by atoms with E-state index in [1.165, 1.54) is 6.07 Å². The molecular weight excluding hydrogens is 444 g/mol. The van der Waals surface area contributed by atoms with Gasteiger partial charge in [0.15, 0.2) is 5.65 Å². The van der Waals surface area contributed by atoms with Gasteiger partial charge in [0.1, 0.15) is 11.6 Å². The first kappa shape index (κ1) is 25.0. The Kier molecular flexibility index (Phi) is 6.29. The van der Waals surface area contributed by atoms with E-state index in [-0.39, 0.29) is 11.6 Å². The number of alkyl halides is 2. The van der Waals surface area contributed by atoms with Crippen molar-refractivity contribution in [2.75, 3.05) is 5.32 Å². The van der Waals surface area contributed by atoms with Gasteiger partial charge in [0.2, 0.25) is 0 Å². The molecule has 0 saturated heterocycles. The second-order valence-corrected chi connectivity index (χ2v) is 10.7. The Balaban J connectivity index is 1.76. The van der Waals surface area contributed by atoms with Crippen LogP contribution in [0.2, 0.25) is 0 Å². The lowest BCUT2D eigenvalue weighted by atomic mass is 9.83. The molecule has 2 heterocycles. The molecule has 4 rings (SSSR count). The van der Waals surface area contributed by atoms with Crippen LogP contribution in [-0.4, -0.2) is 15.0 Å². The second-order valence-electron chi connectivity index (χ2n) is 10.7. The van der Waals surface area contributed by atoms with Crippen molar-refractivity contribution < 1.29 is 8.78 Å². The minimum absolute atomic E-state index is 0.000333. The number of pyridine rings is 1. The molecule has 1 aliphatic carbocycles. The van der Waals surface area contributed by atoms with E-state index in [2.05, 4.69) is 23.3 Å². The number of nitrogens with zero attached hydrogens (tertiary/aromatic N) is 4. The topological polar surface area (TPSA) is 74.5 Å². The van der Waals surface area contributed by atoms with Crippen LogP contribution in [0, 0.1) is 23.7 Å². The fraction of sp³-hybridized carbons (Fsp3) is 0.500. The Bertz CT molecular complexity index is 1300. The van der Waals surface area contributed by atoms with E-state index < -0.39 is 16.8 Å². The summed E-state index contributed by atoms with van der Waals surface area (Å²) in [5.41, 5.74) is 1.38. The summed E-state index contributed by atoms with van der Waals surface area (Å²) in [6.07, 6.45) is 3.23. The van der Waals surface area contributed by atoms with Crippen LogP contribution in [0.3, 0.4) is 0 Å². The SMILES string of the molecule is CCCc1nc(N[C@H](C)c2cccc(C(F)(F)C(C)(C)C)c2)c2cc(C3(C#N)CC3)c(C)nc2n1. The fourth-order valence-electron chi connectivity index (χ4n) is 4.41. The van der Waals surface area contributed by atoms with Crippen LogP contribution in [0.5, 0.6) is 0 Å². The van der Waals surface area contributed by atoms with Gasteiger partial charge in [0.05, 0.1) is 16.9 Å². The molecule has 7 heteroatoms. The average molecular weight is 478 g/mol. The predicted octanol–water partition coefficient (Wildman–Crippen LogP) is 7.15. The highest BCUT2D eigenvalue weighted by molar-refractivity contribution is 5.88. The number of aryl methyl sites for hydroxylation is 2. The van der Waals surface area contributed by atoms with E-state index in [0.717, 1.165) is 41.5 Å². The Morgan fingerprint density at radius 3 is 2.46 bits per heavy atom. The summed E-state index contributed by atoms with van der Waals surface area (Å²) in [4.78, 5) is 14.2. The smallest absolute Gasteiger partial charge is 0.277 e.